The summed E-state index contributed by atoms with van der Waals surface area (Å²) in [5.74, 6) is 2.70. The molecule has 0 bridgehead atoms. The summed E-state index contributed by atoms with van der Waals surface area (Å²) >= 11 is 1.55. The molecule has 1 unspecified atom stereocenters. The number of allylic oxidation sites excluding steroid dienone is 3. The number of terminal acetylenes is 1. The quantitative estimate of drug-likeness (QED) is 0.261. The molecule has 1 heterocycles. The van der Waals surface area contributed by atoms with Crippen LogP contribution in [0.2, 0.25) is 0 Å². The van der Waals surface area contributed by atoms with Crippen molar-refractivity contribution in [1.29, 1.82) is 0 Å². The molecule has 0 spiro atoms. The summed E-state index contributed by atoms with van der Waals surface area (Å²) in [7, 11) is 0. The normalized spacial score (nSPS) is 14.8. The Kier molecular flexibility index (Phi) is 7.90. The van der Waals surface area contributed by atoms with Crippen LogP contribution < -0.4 is 0 Å². The largest absolute Gasteiger partial charge is 0.381 e. The van der Waals surface area contributed by atoms with E-state index in [9.17, 15) is 9.59 Å². The third-order valence-corrected chi connectivity index (χ3v) is 6.90. The molecular formula is C27H28O3S. The van der Waals surface area contributed by atoms with Crippen LogP contribution in [0.25, 0.3) is 15.7 Å². The average Bonchev–Trinajstić information content (AvgIpc) is 2.80. The number of rotatable bonds is 9. The van der Waals surface area contributed by atoms with Crippen molar-refractivity contribution in [3.8, 4) is 12.3 Å². The first-order chi connectivity index (χ1) is 15.0. The van der Waals surface area contributed by atoms with Gasteiger partial charge in [-0.2, -0.15) is 0 Å². The van der Waals surface area contributed by atoms with Crippen LogP contribution in [0.1, 0.15) is 61.5 Å². The minimum atomic E-state index is -0.0670. The van der Waals surface area contributed by atoms with E-state index in [1.165, 1.54) is 0 Å². The van der Waals surface area contributed by atoms with Gasteiger partial charge in [0.25, 0.3) is 0 Å². The molecule has 0 N–H and O–H groups in total. The maximum Gasteiger partial charge on any atom is 0.172 e. The van der Waals surface area contributed by atoms with Crippen molar-refractivity contribution in [1.82, 2.24) is 0 Å². The van der Waals surface area contributed by atoms with E-state index in [0.29, 0.717) is 17.7 Å². The predicted octanol–water partition coefficient (Wildman–Crippen LogP) is 6.41. The van der Waals surface area contributed by atoms with Gasteiger partial charge >= 0.3 is 0 Å². The molecule has 0 fully saturated rings. The zero-order valence-electron chi connectivity index (χ0n) is 18.4. The van der Waals surface area contributed by atoms with Crippen LogP contribution in [0.5, 0.6) is 0 Å². The maximum atomic E-state index is 13.1. The number of carbonyl (C=O) groups excluding carboxylic acids is 2. The summed E-state index contributed by atoms with van der Waals surface area (Å²) < 4.78 is 5.56. The Morgan fingerprint density at radius 2 is 2.10 bits per heavy atom. The second-order valence-electron chi connectivity index (χ2n) is 7.88. The molecule has 2 aromatic rings. The lowest BCUT2D eigenvalue weighted by atomic mass is 9.97. The summed E-state index contributed by atoms with van der Waals surface area (Å²) in [6, 6.07) is 9.75. The van der Waals surface area contributed by atoms with Gasteiger partial charge in [0.2, 0.25) is 0 Å². The second-order valence-corrected chi connectivity index (χ2v) is 8.93. The maximum absolute atomic E-state index is 13.1. The SMILES string of the molecule is C#Cc1ccc2cc(C3=CCC(C)=C(C(=O)C(C)CCOCCC)S3)ccc2c1C=O. The van der Waals surface area contributed by atoms with Gasteiger partial charge in [-0.1, -0.05) is 61.4 Å². The van der Waals surface area contributed by atoms with Gasteiger partial charge in [0.1, 0.15) is 0 Å². The number of Topliss-reactive ketones (excluding diaryl/α,β-unsaturated/α-hetero) is 1. The molecule has 2 aromatic carbocycles. The summed E-state index contributed by atoms with van der Waals surface area (Å²) in [6.45, 7) is 7.45. The molecule has 0 saturated heterocycles. The minimum absolute atomic E-state index is 0.0670. The molecule has 0 saturated carbocycles. The molecule has 1 atom stereocenters. The van der Waals surface area contributed by atoms with Crippen molar-refractivity contribution in [2.45, 2.75) is 40.0 Å². The molecule has 4 heteroatoms. The smallest absolute Gasteiger partial charge is 0.172 e. The van der Waals surface area contributed by atoms with E-state index in [0.717, 1.165) is 63.9 Å². The fourth-order valence-corrected chi connectivity index (χ4v) is 4.83. The van der Waals surface area contributed by atoms with Gasteiger partial charge in [-0.3, -0.25) is 9.59 Å². The molecule has 1 aliphatic heterocycles. The van der Waals surface area contributed by atoms with Crippen LogP contribution in [0, 0.1) is 18.3 Å². The summed E-state index contributed by atoms with van der Waals surface area (Å²) in [6.07, 6.45) is 11.0. The molecule has 31 heavy (non-hydrogen) atoms. The standard InChI is InChI=1S/C27H28O3S/c1-5-14-30-15-13-18(3)26(29)27-19(4)7-12-25(31-27)22-10-11-23-21(16-22)9-8-20(6-2)24(23)17-28/h2,8-12,16-18H,5,7,13-15H2,1,3-4H3. The van der Waals surface area contributed by atoms with Crippen LogP contribution in [0.15, 0.2) is 46.9 Å². The van der Waals surface area contributed by atoms with Gasteiger partial charge < -0.3 is 4.74 Å². The van der Waals surface area contributed by atoms with Gasteiger partial charge in [-0.25, -0.2) is 0 Å². The van der Waals surface area contributed by atoms with Crippen LogP contribution >= 0.6 is 11.8 Å². The molecule has 1 aliphatic rings. The lowest BCUT2D eigenvalue weighted by Gasteiger charge is -2.21. The molecular weight excluding hydrogens is 404 g/mol. The van der Waals surface area contributed by atoms with Crippen molar-refractivity contribution in [2.24, 2.45) is 5.92 Å². The topological polar surface area (TPSA) is 43.4 Å². The highest BCUT2D eigenvalue weighted by molar-refractivity contribution is 8.12. The summed E-state index contributed by atoms with van der Waals surface area (Å²) in [5, 5.41) is 1.81. The Bertz CT molecular complexity index is 1100. The summed E-state index contributed by atoms with van der Waals surface area (Å²) in [4.78, 5) is 26.6. The number of aldehydes is 1. The minimum Gasteiger partial charge on any atom is -0.381 e. The van der Waals surface area contributed by atoms with Crippen molar-refractivity contribution in [3.05, 3.63) is 63.6 Å². The molecule has 3 rings (SSSR count). The molecule has 0 radical (unpaired) electrons. The zero-order chi connectivity index (χ0) is 22.4. The first kappa shape index (κ1) is 23.1. The fourth-order valence-electron chi connectivity index (χ4n) is 3.64. The van der Waals surface area contributed by atoms with E-state index in [2.05, 4.69) is 25.0 Å². The van der Waals surface area contributed by atoms with Gasteiger partial charge in [0.15, 0.2) is 12.1 Å². The van der Waals surface area contributed by atoms with Crippen LogP contribution in [-0.2, 0) is 9.53 Å². The highest BCUT2D eigenvalue weighted by atomic mass is 32.2. The fraction of sp³-hybridized carbons (Fsp3) is 0.333. The first-order valence-corrected chi connectivity index (χ1v) is 11.5. The monoisotopic (exact) mass is 432 g/mol. The molecule has 0 aliphatic carbocycles. The van der Waals surface area contributed by atoms with Crippen molar-refractivity contribution < 1.29 is 14.3 Å². The number of hydrogen-bond donors (Lipinski definition) is 0. The number of thioether (sulfide) groups is 1. The number of fused-ring (bicyclic) bond motifs is 1. The van der Waals surface area contributed by atoms with E-state index in [-0.39, 0.29) is 11.7 Å². The Morgan fingerprint density at radius 1 is 1.29 bits per heavy atom. The van der Waals surface area contributed by atoms with Crippen molar-refractivity contribution in [2.75, 3.05) is 13.2 Å². The molecule has 160 valence electrons. The predicted molar refractivity (Wildman–Crippen MR) is 130 cm³/mol. The van der Waals surface area contributed by atoms with Crippen molar-refractivity contribution >= 4 is 39.5 Å². The Balaban J connectivity index is 1.80. The van der Waals surface area contributed by atoms with Crippen LogP contribution in [0.4, 0.5) is 0 Å². The molecule has 3 nitrogen and oxygen atoms in total. The number of benzene rings is 2. The van der Waals surface area contributed by atoms with Crippen LogP contribution in [0.3, 0.4) is 0 Å². The Labute approximate surface area is 188 Å². The third-order valence-electron chi connectivity index (χ3n) is 5.53. The average molecular weight is 433 g/mol. The highest BCUT2D eigenvalue weighted by Crippen LogP contribution is 2.42. The van der Waals surface area contributed by atoms with E-state index in [4.69, 9.17) is 11.2 Å². The van der Waals surface area contributed by atoms with E-state index in [1.54, 1.807) is 17.8 Å². The van der Waals surface area contributed by atoms with Crippen molar-refractivity contribution in [3.63, 3.8) is 0 Å². The molecule has 0 amide bonds. The number of hydrogen-bond acceptors (Lipinski definition) is 4. The van der Waals surface area contributed by atoms with E-state index in [1.807, 2.05) is 32.0 Å². The van der Waals surface area contributed by atoms with Gasteiger partial charge in [0.05, 0.1) is 4.91 Å². The number of ether oxygens (including phenoxy) is 1. The highest BCUT2D eigenvalue weighted by Gasteiger charge is 2.24. The number of carbonyl (C=O) groups is 2. The Hall–Kier alpha value is -2.61. The Morgan fingerprint density at radius 3 is 2.81 bits per heavy atom. The lowest BCUT2D eigenvalue weighted by molar-refractivity contribution is -0.118. The van der Waals surface area contributed by atoms with Gasteiger partial charge in [0, 0.05) is 35.2 Å². The van der Waals surface area contributed by atoms with E-state index >= 15 is 0 Å². The second kappa shape index (κ2) is 10.6. The van der Waals surface area contributed by atoms with Gasteiger partial charge in [-0.05, 0) is 54.7 Å². The van der Waals surface area contributed by atoms with Crippen LogP contribution in [-0.4, -0.2) is 25.3 Å². The summed E-state index contributed by atoms with van der Waals surface area (Å²) in [5.41, 5.74) is 3.30. The third kappa shape index (κ3) is 5.18. The first-order valence-electron chi connectivity index (χ1n) is 10.7. The number of ketones is 1. The van der Waals surface area contributed by atoms with E-state index < -0.39 is 0 Å². The lowest BCUT2D eigenvalue weighted by Crippen LogP contribution is -2.16. The zero-order valence-corrected chi connectivity index (χ0v) is 19.2. The van der Waals surface area contributed by atoms with Gasteiger partial charge in [-0.15, -0.1) is 6.42 Å². The molecule has 0 aromatic heterocycles.